The van der Waals surface area contributed by atoms with Crippen molar-refractivity contribution in [2.45, 2.75) is 32.4 Å². The number of hydrogen-bond acceptors (Lipinski definition) is 3. The lowest BCUT2D eigenvalue weighted by atomic mass is 9.94. The molecule has 28 heavy (non-hydrogen) atoms. The van der Waals surface area contributed by atoms with Gasteiger partial charge in [-0.3, -0.25) is 9.69 Å². The van der Waals surface area contributed by atoms with E-state index in [1.807, 2.05) is 43.3 Å². The Morgan fingerprint density at radius 1 is 1.21 bits per heavy atom. The number of para-hydroxylation sites is 1. The molecule has 1 aliphatic heterocycles. The van der Waals surface area contributed by atoms with Crippen LogP contribution in [0.1, 0.15) is 36.9 Å². The van der Waals surface area contributed by atoms with Gasteiger partial charge in [-0.15, -0.1) is 0 Å². The van der Waals surface area contributed by atoms with Gasteiger partial charge in [0.25, 0.3) is 0 Å². The predicted molar refractivity (Wildman–Crippen MR) is 114 cm³/mol. The van der Waals surface area contributed by atoms with Crippen LogP contribution in [-0.4, -0.2) is 31.0 Å². The quantitative estimate of drug-likeness (QED) is 0.707. The SMILES string of the molecule is COc1ccccc1[C@@H](C)NC(=O)C1CCN(Cc2ccc(Cl)cc2Cl)CC1. The third-order valence-corrected chi connectivity index (χ3v) is 5.92. The van der Waals surface area contributed by atoms with Gasteiger partial charge < -0.3 is 10.1 Å². The molecule has 0 aromatic heterocycles. The van der Waals surface area contributed by atoms with Crippen LogP contribution in [0.4, 0.5) is 0 Å². The Labute approximate surface area is 176 Å². The van der Waals surface area contributed by atoms with Crippen LogP contribution >= 0.6 is 23.2 Å². The third kappa shape index (κ3) is 5.19. The van der Waals surface area contributed by atoms with Crippen molar-refractivity contribution in [1.82, 2.24) is 10.2 Å². The van der Waals surface area contributed by atoms with Crippen LogP contribution in [0.2, 0.25) is 10.0 Å². The van der Waals surface area contributed by atoms with Crippen molar-refractivity contribution in [3.8, 4) is 5.75 Å². The predicted octanol–water partition coefficient (Wildman–Crippen LogP) is 5.09. The fraction of sp³-hybridized carbons (Fsp3) is 0.409. The van der Waals surface area contributed by atoms with Crippen molar-refractivity contribution in [3.63, 3.8) is 0 Å². The van der Waals surface area contributed by atoms with Gasteiger partial charge in [0.05, 0.1) is 13.2 Å². The van der Waals surface area contributed by atoms with Crippen molar-refractivity contribution in [1.29, 1.82) is 0 Å². The van der Waals surface area contributed by atoms with E-state index in [9.17, 15) is 4.79 Å². The Bertz CT molecular complexity index is 820. The molecule has 0 radical (unpaired) electrons. The Hall–Kier alpha value is -1.75. The smallest absolute Gasteiger partial charge is 0.223 e. The molecular weight excluding hydrogens is 395 g/mol. The maximum absolute atomic E-state index is 12.7. The number of methoxy groups -OCH3 is 1. The number of nitrogens with one attached hydrogen (secondary N) is 1. The molecule has 6 heteroatoms. The molecule has 0 saturated carbocycles. The normalized spacial score (nSPS) is 16.6. The maximum Gasteiger partial charge on any atom is 0.223 e. The van der Waals surface area contributed by atoms with Gasteiger partial charge >= 0.3 is 0 Å². The van der Waals surface area contributed by atoms with Crippen LogP contribution in [0.5, 0.6) is 5.75 Å². The van der Waals surface area contributed by atoms with Crippen LogP contribution in [0.3, 0.4) is 0 Å². The van der Waals surface area contributed by atoms with E-state index >= 15 is 0 Å². The van der Waals surface area contributed by atoms with E-state index in [0.29, 0.717) is 10.0 Å². The third-order valence-electron chi connectivity index (χ3n) is 5.33. The van der Waals surface area contributed by atoms with Gasteiger partial charge in [0.1, 0.15) is 5.75 Å². The van der Waals surface area contributed by atoms with Gasteiger partial charge in [0.2, 0.25) is 5.91 Å². The second kappa shape index (κ2) is 9.64. The summed E-state index contributed by atoms with van der Waals surface area (Å²) in [6.45, 7) is 4.52. The molecule has 150 valence electrons. The summed E-state index contributed by atoms with van der Waals surface area (Å²) in [5, 5.41) is 4.49. The molecule has 1 heterocycles. The molecule has 3 rings (SSSR count). The van der Waals surface area contributed by atoms with E-state index in [1.54, 1.807) is 13.2 Å². The van der Waals surface area contributed by atoms with Gasteiger partial charge in [0, 0.05) is 28.1 Å². The molecule has 4 nitrogen and oxygen atoms in total. The van der Waals surface area contributed by atoms with Crippen molar-refractivity contribution in [3.05, 3.63) is 63.6 Å². The Morgan fingerprint density at radius 2 is 1.93 bits per heavy atom. The largest absolute Gasteiger partial charge is 0.496 e. The van der Waals surface area contributed by atoms with Gasteiger partial charge in [-0.1, -0.05) is 47.5 Å². The highest BCUT2D eigenvalue weighted by Gasteiger charge is 2.26. The Balaban J connectivity index is 1.52. The van der Waals surface area contributed by atoms with Gasteiger partial charge in [-0.2, -0.15) is 0 Å². The fourth-order valence-electron chi connectivity index (χ4n) is 3.68. The molecule has 0 spiro atoms. The van der Waals surface area contributed by atoms with E-state index in [1.165, 1.54) is 0 Å². The average molecular weight is 421 g/mol. The second-order valence-electron chi connectivity index (χ2n) is 7.26. The summed E-state index contributed by atoms with van der Waals surface area (Å²) in [6.07, 6.45) is 1.69. The summed E-state index contributed by atoms with van der Waals surface area (Å²) in [5.41, 5.74) is 2.06. The monoisotopic (exact) mass is 420 g/mol. The van der Waals surface area contributed by atoms with Gasteiger partial charge in [-0.05, 0) is 56.6 Å². The van der Waals surface area contributed by atoms with Crippen molar-refractivity contribution < 1.29 is 9.53 Å². The number of benzene rings is 2. The second-order valence-corrected chi connectivity index (χ2v) is 8.10. The van der Waals surface area contributed by atoms with E-state index in [2.05, 4.69) is 10.2 Å². The molecular formula is C22H26Cl2N2O2. The number of ether oxygens (including phenoxy) is 1. The summed E-state index contributed by atoms with van der Waals surface area (Å²) in [7, 11) is 1.65. The summed E-state index contributed by atoms with van der Waals surface area (Å²) in [6, 6.07) is 13.3. The Kier molecular flexibility index (Phi) is 7.22. The molecule has 1 amide bonds. The van der Waals surface area contributed by atoms with E-state index in [4.69, 9.17) is 27.9 Å². The van der Waals surface area contributed by atoms with E-state index in [0.717, 1.165) is 49.4 Å². The van der Waals surface area contributed by atoms with Crippen molar-refractivity contribution in [2.24, 2.45) is 5.92 Å². The summed E-state index contributed by atoms with van der Waals surface area (Å²) in [5.74, 6) is 0.946. The molecule has 2 aromatic carbocycles. The minimum absolute atomic E-state index is 0.0362. The lowest BCUT2D eigenvalue weighted by Gasteiger charge is -2.32. The lowest BCUT2D eigenvalue weighted by Crippen LogP contribution is -2.41. The molecule has 1 fully saturated rings. The van der Waals surface area contributed by atoms with Crippen LogP contribution in [-0.2, 0) is 11.3 Å². The van der Waals surface area contributed by atoms with Crippen LogP contribution < -0.4 is 10.1 Å². The molecule has 1 saturated heterocycles. The summed E-state index contributed by atoms with van der Waals surface area (Å²) in [4.78, 5) is 15.1. The van der Waals surface area contributed by atoms with Crippen LogP contribution in [0.25, 0.3) is 0 Å². The first kappa shape index (κ1) is 21.0. The minimum atomic E-state index is -0.0884. The highest BCUT2D eigenvalue weighted by Crippen LogP contribution is 2.27. The van der Waals surface area contributed by atoms with Crippen molar-refractivity contribution >= 4 is 29.1 Å². The number of carbonyl (C=O) groups excluding carboxylic acids is 1. The number of nitrogens with zero attached hydrogens (tertiary/aromatic N) is 1. The minimum Gasteiger partial charge on any atom is -0.496 e. The molecule has 0 bridgehead atoms. The summed E-state index contributed by atoms with van der Waals surface area (Å²) >= 11 is 12.3. The number of rotatable bonds is 6. The molecule has 0 aliphatic carbocycles. The standard InChI is InChI=1S/C22H26Cl2N2O2/c1-15(19-5-3-4-6-21(19)28-2)25-22(27)16-9-11-26(12-10-16)14-17-7-8-18(23)13-20(17)24/h3-8,13,15-16H,9-12,14H2,1-2H3,(H,25,27)/t15-/m1/s1. The number of amides is 1. The zero-order chi connectivity index (χ0) is 20.1. The number of carbonyl (C=O) groups is 1. The van der Waals surface area contributed by atoms with Crippen LogP contribution in [0, 0.1) is 5.92 Å². The number of hydrogen-bond donors (Lipinski definition) is 1. The van der Waals surface area contributed by atoms with Crippen LogP contribution in [0.15, 0.2) is 42.5 Å². The molecule has 2 aromatic rings. The first-order valence-electron chi connectivity index (χ1n) is 9.57. The Morgan fingerprint density at radius 3 is 2.61 bits per heavy atom. The number of halogens is 2. The zero-order valence-electron chi connectivity index (χ0n) is 16.3. The lowest BCUT2D eigenvalue weighted by molar-refractivity contribution is -0.127. The maximum atomic E-state index is 12.7. The fourth-order valence-corrected chi connectivity index (χ4v) is 4.15. The molecule has 1 aliphatic rings. The average Bonchev–Trinajstić information content (AvgIpc) is 2.70. The molecule has 1 atom stereocenters. The topological polar surface area (TPSA) is 41.6 Å². The van der Waals surface area contributed by atoms with Crippen molar-refractivity contribution in [2.75, 3.05) is 20.2 Å². The summed E-state index contributed by atoms with van der Waals surface area (Å²) < 4.78 is 5.40. The van der Waals surface area contributed by atoms with E-state index in [-0.39, 0.29) is 17.9 Å². The van der Waals surface area contributed by atoms with Gasteiger partial charge in [0.15, 0.2) is 0 Å². The zero-order valence-corrected chi connectivity index (χ0v) is 17.8. The highest BCUT2D eigenvalue weighted by molar-refractivity contribution is 6.35. The first-order valence-corrected chi connectivity index (χ1v) is 10.3. The van der Waals surface area contributed by atoms with Gasteiger partial charge in [-0.25, -0.2) is 0 Å². The van der Waals surface area contributed by atoms with E-state index < -0.39 is 0 Å². The molecule has 0 unspecified atom stereocenters. The number of likely N-dealkylation sites (tertiary alicyclic amines) is 1. The first-order chi connectivity index (χ1) is 13.5. The highest BCUT2D eigenvalue weighted by atomic mass is 35.5. The number of piperidine rings is 1. The molecule has 1 N–H and O–H groups in total.